The van der Waals surface area contributed by atoms with Crippen LogP contribution in [0.25, 0.3) is 12.2 Å². The van der Waals surface area contributed by atoms with Gasteiger partial charge in [0.25, 0.3) is 0 Å². The highest BCUT2D eigenvalue weighted by Crippen LogP contribution is 2.62. The molecule has 0 aliphatic heterocycles. The summed E-state index contributed by atoms with van der Waals surface area (Å²) < 4.78 is 364. The van der Waals surface area contributed by atoms with E-state index in [2.05, 4.69) is 0 Å². The van der Waals surface area contributed by atoms with Gasteiger partial charge in [-0.15, -0.1) is 0 Å². The van der Waals surface area contributed by atoms with Crippen molar-refractivity contribution < 1.29 is 119 Å². The maximum absolute atomic E-state index is 14.6. The van der Waals surface area contributed by atoms with Crippen molar-refractivity contribution in [2.45, 2.75) is 71.6 Å². The largest absolute Gasteiger partial charge is 0.460 e. The molecule has 346 valence electrons. The molecule has 62 heavy (non-hydrogen) atoms. The molecular formula is C34H17F26OP. The average Bonchev–Trinajstić information content (AvgIpc) is 3.15. The van der Waals surface area contributed by atoms with Crippen molar-refractivity contribution in [1.82, 2.24) is 0 Å². The monoisotopic (exact) mass is 966 g/mol. The molecule has 1 nitrogen and oxygen atoms in total. The summed E-state index contributed by atoms with van der Waals surface area (Å²) in [5, 5.41) is -1.000. The Morgan fingerprint density at radius 3 is 0.806 bits per heavy atom. The molecule has 3 rings (SSSR count). The van der Waals surface area contributed by atoms with Gasteiger partial charge in [-0.05, 0) is 23.3 Å². The van der Waals surface area contributed by atoms with Gasteiger partial charge in [0.15, 0.2) is 7.14 Å². The molecule has 0 heterocycles. The molecule has 0 N–H and O–H groups in total. The third kappa shape index (κ3) is 8.02. The molecule has 0 radical (unpaired) electrons. The number of halogens is 26. The van der Waals surface area contributed by atoms with Crippen LogP contribution in [-0.2, 0) is 4.57 Å². The quantitative estimate of drug-likeness (QED) is 0.110. The summed E-state index contributed by atoms with van der Waals surface area (Å²) in [4.78, 5) is 0. The Bertz CT molecular complexity index is 2020. The molecule has 0 aliphatic carbocycles. The van der Waals surface area contributed by atoms with Gasteiger partial charge in [-0.3, -0.25) is 0 Å². The van der Waals surface area contributed by atoms with E-state index >= 15 is 0 Å². The van der Waals surface area contributed by atoms with Crippen molar-refractivity contribution in [3.8, 4) is 0 Å². The smallest absolute Gasteiger partial charge is 0.309 e. The van der Waals surface area contributed by atoms with Crippen LogP contribution >= 0.6 is 7.14 Å². The first-order valence-electron chi connectivity index (χ1n) is 15.6. The van der Waals surface area contributed by atoms with Gasteiger partial charge in [0, 0.05) is 15.9 Å². The van der Waals surface area contributed by atoms with E-state index in [-0.39, 0.29) is 17.5 Å². The molecule has 3 aromatic carbocycles. The Morgan fingerprint density at radius 1 is 0.306 bits per heavy atom. The third-order valence-corrected chi connectivity index (χ3v) is 11.6. The van der Waals surface area contributed by atoms with E-state index in [0.717, 1.165) is 36.4 Å². The van der Waals surface area contributed by atoms with Crippen LogP contribution in [-0.4, -0.2) is 71.6 Å². The minimum absolute atomic E-state index is 0.179. The highest BCUT2D eigenvalue weighted by atomic mass is 31.2. The summed E-state index contributed by atoms with van der Waals surface area (Å²) in [7, 11) is -4.39. The minimum atomic E-state index is -8.16. The number of hydrogen-bond acceptors (Lipinski definition) is 1. The summed E-state index contributed by atoms with van der Waals surface area (Å²) in [5.74, 6) is -76.9. The molecular weight excluding hydrogens is 949 g/mol. The molecule has 28 heteroatoms. The Morgan fingerprint density at radius 2 is 0.548 bits per heavy atom. The van der Waals surface area contributed by atoms with Crippen LogP contribution in [0.15, 0.2) is 91.0 Å². The number of benzene rings is 3. The second-order valence-corrected chi connectivity index (χ2v) is 15.4. The molecule has 0 aromatic heterocycles. The van der Waals surface area contributed by atoms with E-state index in [0.29, 0.717) is 24.3 Å². The van der Waals surface area contributed by atoms with Crippen molar-refractivity contribution >= 4 is 35.2 Å². The van der Waals surface area contributed by atoms with E-state index in [9.17, 15) is 119 Å². The van der Waals surface area contributed by atoms with Gasteiger partial charge in [-0.1, -0.05) is 91.0 Å². The fraction of sp³-hybridized carbons (Fsp3) is 0.353. The summed E-state index contributed by atoms with van der Waals surface area (Å²) in [6, 6.07) is 11.4. The predicted octanol–water partition coefficient (Wildman–Crippen LogP) is 12.8. The van der Waals surface area contributed by atoms with Crippen molar-refractivity contribution in [3.63, 3.8) is 0 Å². The molecule has 0 saturated heterocycles. The Balaban J connectivity index is 2.01. The van der Waals surface area contributed by atoms with Crippen LogP contribution in [0.4, 0.5) is 114 Å². The van der Waals surface area contributed by atoms with E-state index in [1.807, 2.05) is 0 Å². The zero-order valence-electron chi connectivity index (χ0n) is 29.0. The van der Waals surface area contributed by atoms with Crippen LogP contribution in [0.1, 0.15) is 11.1 Å². The first-order chi connectivity index (χ1) is 27.5. The van der Waals surface area contributed by atoms with Crippen LogP contribution in [0.2, 0.25) is 0 Å². The molecule has 0 amide bonds. The molecule has 0 saturated carbocycles. The first-order valence-corrected chi connectivity index (χ1v) is 17.3. The van der Waals surface area contributed by atoms with Gasteiger partial charge in [0.2, 0.25) is 0 Å². The second kappa shape index (κ2) is 15.7. The number of allylic oxidation sites excluding steroid dienone is 2. The minimum Gasteiger partial charge on any atom is -0.309 e. The topological polar surface area (TPSA) is 17.1 Å². The van der Waals surface area contributed by atoms with Gasteiger partial charge in [0.05, 0.1) is 0 Å². The summed E-state index contributed by atoms with van der Waals surface area (Å²) in [5.41, 5.74) is -1.58. The van der Waals surface area contributed by atoms with Crippen molar-refractivity contribution in [1.29, 1.82) is 0 Å². The fourth-order valence-corrected chi connectivity index (χ4v) is 7.47. The highest BCUT2D eigenvalue weighted by Gasteiger charge is 2.91. The van der Waals surface area contributed by atoms with E-state index in [1.54, 1.807) is 0 Å². The zero-order chi connectivity index (χ0) is 48.4. The standard InChI is InChI=1S/C34H17F26OP/c35-23(36,25(39,40)27(43,44)29(47,48)31(51,52)33(55,56)57)16-14-18-6-10-21(11-7-18)62(61,20-4-2-1-3-5-20)22-12-8-19(9-13-22)15-17-24(37,38)26(41,42)28(45,46)30(49,50)32(53,54)34(58,59)60/h1-17H/b16-14+,17-15+. The Kier molecular flexibility index (Phi) is 13.1. The average molecular weight is 966 g/mol. The van der Waals surface area contributed by atoms with Gasteiger partial charge >= 0.3 is 71.6 Å². The summed E-state index contributed by atoms with van der Waals surface area (Å²) in [6.07, 6.45) is -18.3. The third-order valence-electron chi connectivity index (χ3n) is 8.52. The SMILES string of the molecule is O=P(c1ccccc1)(c1ccc(/C=C/C(F)(F)C(F)(F)C(F)(F)C(F)(F)C(F)(F)C(F)(F)F)cc1)c1ccc(/C=C/C(F)(F)C(F)(F)C(F)(F)C(F)(F)C(F)(F)C(F)(F)F)cc1. The first kappa shape index (κ1) is 51.9. The maximum atomic E-state index is 14.6. The van der Waals surface area contributed by atoms with Gasteiger partial charge < -0.3 is 4.57 Å². The van der Waals surface area contributed by atoms with Crippen LogP contribution in [0.3, 0.4) is 0 Å². The van der Waals surface area contributed by atoms with Gasteiger partial charge in [-0.2, -0.15) is 114 Å². The number of rotatable bonds is 15. The molecule has 0 spiro atoms. The number of hydrogen-bond donors (Lipinski definition) is 0. The Labute approximate surface area is 328 Å². The Hall–Kier alpha value is -4.45. The van der Waals surface area contributed by atoms with Crippen LogP contribution in [0.5, 0.6) is 0 Å². The lowest BCUT2D eigenvalue weighted by Gasteiger charge is -2.39. The molecule has 0 bridgehead atoms. The van der Waals surface area contributed by atoms with Gasteiger partial charge in [0.1, 0.15) is 0 Å². The van der Waals surface area contributed by atoms with Crippen LogP contribution in [0, 0.1) is 0 Å². The van der Waals surface area contributed by atoms with Crippen LogP contribution < -0.4 is 15.9 Å². The summed E-state index contributed by atoms with van der Waals surface area (Å²) in [6.45, 7) is 0. The maximum Gasteiger partial charge on any atom is 0.460 e. The molecule has 0 aliphatic rings. The number of alkyl halides is 26. The fourth-order valence-electron chi connectivity index (χ4n) is 4.85. The zero-order valence-corrected chi connectivity index (χ0v) is 29.9. The lowest BCUT2D eigenvalue weighted by atomic mass is 9.93. The normalized spacial score (nSPS) is 15.5. The molecule has 3 aromatic rings. The second-order valence-electron chi connectivity index (χ2n) is 12.6. The molecule has 0 fully saturated rings. The highest BCUT2D eigenvalue weighted by molar-refractivity contribution is 7.85. The van der Waals surface area contributed by atoms with E-state index < -0.39 is 113 Å². The van der Waals surface area contributed by atoms with E-state index in [4.69, 9.17) is 0 Å². The lowest BCUT2D eigenvalue weighted by molar-refractivity contribution is -0.436. The van der Waals surface area contributed by atoms with E-state index in [1.165, 1.54) is 18.2 Å². The van der Waals surface area contributed by atoms with Crippen molar-refractivity contribution in [2.24, 2.45) is 0 Å². The van der Waals surface area contributed by atoms with Gasteiger partial charge in [-0.25, -0.2) is 0 Å². The lowest BCUT2D eigenvalue weighted by Crippen LogP contribution is -2.69. The molecule has 0 atom stereocenters. The van der Waals surface area contributed by atoms with Crippen molar-refractivity contribution in [2.75, 3.05) is 0 Å². The predicted molar refractivity (Wildman–Crippen MR) is 165 cm³/mol. The summed E-state index contributed by atoms with van der Waals surface area (Å²) >= 11 is 0. The molecule has 0 unspecified atom stereocenters. The van der Waals surface area contributed by atoms with Crippen molar-refractivity contribution in [3.05, 3.63) is 102 Å².